The fourth-order valence-corrected chi connectivity index (χ4v) is 5.83. The molecule has 1 atom stereocenters. The zero-order chi connectivity index (χ0) is 38.0. The highest BCUT2D eigenvalue weighted by molar-refractivity contribution is 5.71. The topological polar surface area (TPSA) is 78.9 Å². The largest absolute Gasteiger partial charge is 0.462 e. The molecule has 1 unspecified atom stereocenters. The van der Waals surface area contributed by atoms with E-state index in [0.29, 0.717) is 19.3 Å². The molecule has 0 fully saturated rings. The molecule has 6 nitrogen and oxygen atoms in total. The van der Waals surface area contributed by atoms with E-state index < -0.39 is 6.10 Å². The smallest absolute Gasteiger partial charge is 0.306 e. The summed E-state index contributed by atoms with van der Waals surface area (Å²) in [6, 6.07) is 0. The Morgan fingerprint density at radius 2 is 0.788 bits per heavy atom. The molecule has 0 aromatic heterocycles. The molecule has 0 rings (SSSR count). The second-order valence-electron chi connectivity index (χ2n) is 14.3. The van der Waals surface area contributed by atoms with Crippen molar-refractivity contribution in [3.63, 3.8) is 0 Å². The summed E-state index contributed by atoms with van der Waals surface area (Å²) in [5.41, 5.74) is 0. The Bertz CT molecular complexity index is 933. The van der Waals surface area contributed by atoms with Crippen molar-refractivity contribution in [3.8, 4) is 0 Å². The molecule has 0 spiro atoms. The van der Waals surface area contributed by atoms with Crippen LogP contribution in [0, 0.1) is 0 Å². The Hall–Kier alpha value is -2.63. The highest BCUT2D eigenvalue weighted by Crippen LogP contribution is 2.14. The number of allylic oxidation sites excluding steroid dienone is 8. The number of hydrogen-bond acceptors (Lipinski definition) is 6. The fraction of sp³-hybridized carbons (Fsp3) is 0.761. The van der Waals surface area contributed by atoms with Crippen LogP contribution in [-0.4, -0.2) is 37.2 Å². The molecule has 0 heterocycles. The summed E-state index contributed by atoms with van der Waals surface area (Å²) in [4.78, 5) is 37.6. The van der Waals surface area contributed by atoms with Crippen LogP contribution in [0.1, 0.15) is 207 Å². The lowest BCUT2D eigenvalue weighted by Gasteiger charge is -2.18. The van der Waals surface area contributed by atoms with E-state index in [2.05, 4.69) is 69.4 Å². The van der Waals surface area contributed by atoms with E-state index in [4.69, 9.17) is 14.2 Å². The molecule has 0 aromatic rings. The second kappa shape index (κ2) is 41.1. The maximum atomic E-state index is 12.7. The summed E-state index contributed by atoms with van der Waals surface area (Å²) in [5, 5.41) is 0. The molecule has 0 amide bonds. The lowest BCUT2D eigenvalue weighted by Crippen LogP contribution is -2.30. The summed E-state index contributed by atoms with van der Waals surface area (Å²) >= 11 is 0. The first-order chi connectivity index (χ1) is 25.5. The van der Waals surface area contributed by atoms with Gasteiger partial charge >= 0.3 is 17.9 Å². The Morgan fingerprint density at radius 3 is 1.27 bits per heavy atom. The summed E-state index contributed by atoms with van der Waals surface area (Å²) in [5.74, 6) is -0.919. The van der Waals surface area contributed by atoms with Crippen molar-refractivity contribution in [2.45, 2.75) is 213 Å². The minimum absolute atomic E-state index is 0.0823. The van der Waals surface area contributed by atoms with Crippen molar-refractivity contribution in [1.82, 2.24) is 0 Å². The maximum absolute atomic E-state index is 12.7. The molecule has 0 aliphatic heterocycles. The van der Waals surface area contributed by atoms with Gasteiger partial charge in [-0.2, -0.15) is 0 Å². The zero-order valence-electron chi connectivity index (χ0n) is 34.1. The van der Waals surface area contributed by atoms with Crippen LogP contribution in [0.3, 0.4) is 0 Å². The van der Waals surface area contributed by atoms with E-state index in [-0.39, 0.29) is 31.1 Å². The van der Waals surface area contributed by atoms with Gasteiger partial charge in [0.05, 0.1) is 0 Å². The Kier molecular flexibility index (Phi) is 39.1. The minimum atomic E-state index is -0.779. The van der Waals surface area contributed by atoms with Crippen molar-refractivity contribution < 1.29 is 28.6 Å². The molecule has 0 aromatic carbocycles. The Balaban J connectivity index is 4.41. The van der Waals surface area contributed by atoms with Crippen LogP contribution in [0.25, 0.3) is 0 Å². The monoisotopic (exact) mass is 729 g/mol. The molecule has 0 aliphatic rings. The molecule has 6 heteroatoms. The van der Waals surface area contributed by atoms with Crippen molar-refractivity contribution in [2.75, 3.05) is 13.2 Å². The first kappa shape index (κ1) is 49.4. The van der Waals surface area contributed by atoms with Crippen LogP contribution in [0.5, 0.6) is 0 Å². The molecule has 0 aliphatic carbocycles. The van der Waals surface area contributed by atoms with Gasteiger partial charge in [0, 0.05) is 19.3 Å². The molecule has 300 valence electrons. The van der Waals surface area contributed by atoms with E-state index in [0.717, 1.165) is 96.3 Å². The van der Waals surface area contributed by atoms with E-state index in [9.17, 15) is 14.4 Å². The third kappa shape index (κ3) is 38.6. The van der Waals surface area contributed by atoms with E-state index >= 15 is 0 Å². The number of ether oxygens (including phenoxy) is 3. The summed E-state index contributed by atoms with van der Waals surface area (Å²) in [7, 11) is 0. The van der Waals surface area contributed by atoms with E-state index in [1.807, 2.05) is 0 Å². The van der Waals surface area contributed by atoms with E-state index in [1.165, 1.54) is 70.6 Å². The lowest BCUT2D eigenvalue weighted by atomic mass is 10.1. The average Bonchev–Trinajstić information content (AvgIpc) is 3.14. The first-order valence-electron chi connectivity index (χ1n) is 21.7. The van der Waals surface area contributed by atoms with Gasteiger partial charge in [-0.1, -0.05) is 179 Å². The number of carbonyl (C=O) groups is 3. The summed E-state index contributed by atoms with van der Waals surface area (Å²) < 4.78 is 16.6. The maximum Gasteiger partial charge on any atom is 0.306 e. The molecule has 0 saturated heterocycles. The third-order valence-corrected chi connectivity index (χ3v) is 9.13. The highest BCUT2D eigenvalue weighted by Gasteiger charge is 2.19. The van der Waals surface area contributed by atoms with Crippen molar-refractivity contribution in [2.24, 2.45) is 0 Å². The number of unbranched alkanes of at least 4 members (excludes halogenated alkanes) is 21. The quantitative estimate of drug-likeness (QED) is 0.0207. The lowest BCUT2D eigenvalue weighted by molar-refractivity contribution is -0.167. The fourth-order valence-electron chi connectivity index (χ4n) is 5.83. The summed E-state index contributed by atoms with van der Waals surface area (Å²) in [6.45, 7) is 6.41. The SMILES string of the molecule is CC\C=C/C=C\C=C/CCCCCCCC(=O)OCC(COC(=O)CCCCCCCCCCCC)OC(=O)CCCCCCC/C=C\CCCC. The van der Waals surface area contributed by atoms with Crippen molar-refractivity contribution in [1.29, 1.82) is 0 Å². The Morgan fingerprint density at radius 1 is 0.404 bits per heavy atom. The van der Waals surface area contributed by atoms with Crippen LogP contribution in [0.2, 0.25) is 0 Å². The second-order valence-corrected chi connectivity index (χ2v) is 14.3. The molecular weight excluding hydrogens is 648 g/mol. The van der Waals surface area contributed by atoms with Crippen LogP contribution in [-0.2, 0) is 28.6 Å². The van der Waals surface area contributed by atoms with Crippen molar-refractivity contribution in [3.05, 3.63) is 48.6 Å². The molecular formula is C46H80O6. The average molecular weight is 729 g/mol. The number of carbonyl (C=O) groups excluding carboxylic acids is 3. The third-order valence-electron chi connectivity index (χ3n) is 9.13. The van der Waals surface area contributed by atoms with Gasteiger partial charge < -0.3 is 14.2 Å². The van der Waals surface area contributed by atoms with Gasteiger partial charge in [-0.15, -0.1) is 0 Å². The van der Waals surface area contributed by atoms with Gasteiger partial charge in [0.2, 0.25) is 0 Å². The van der Waals surface area contributed by atoms with Crippen molar-refractivity contribution >= 4 is 17.9 Å². The van der Waals surface area contributed by atoms with Gasteiger partial charge in [0.15, 0.2) is 6.10 Å². The van der Waals surface area contributed by atoms with Gasteiger partial charge in [-0.05, 0) is 57.8 Å². The van der Waals surface area contributed by atoms with Crippen LogP contribution >= 0.6 is 0 Å². The highest BCUT2D eigenvalue weighted by atomic mass is 16.6. The van der Waals surface area contributed by atoms with Crippen LogP contribution < -0.4 is 0 Å². The van der Waals surface area contributed by atoms with Gasteiger partial charge in [-0.25, -0.2) is 0 Å². The standard InChI is InChI=1S/C46H80O6/c1-4-7-10-13-16-19-22-23-25-27-30-33-36-39-45(48)51-42-43(41-50-44(47)38-35-32-29-26-21-18-15-12-9-6-3)52-46(49)40-37-34-31-28-24-20-17-14-11-8-5-2/h7,10,13-14,16-17,19,22,43H,4-6,8-9,11-12,15,18,20-21,23-42H2,1-3H3/b10-7-,16-13-,17-14-,22-19-. The van der Waals surface area contributed by atoms with E-state index in [1.54, 1.807) is 0 Å². The minimum Gasteiger partial charge on any atom is -0.462 e. The molecule has 0 saturated carbocycles. The predicted molar refractivity (Wildman–Crippen MR) is 219 cm³/mol. The molecule has 0 N–H and O–H groups in total. The first-order valence-corrected chi connectivity index (χ1v) is 21.7. The van der Waals surface area contributed by atoms with Crippen LogP contribution in [0.4, 0.5) is 0 Å². The number of esters is 3. The number of hydrogen-bond donors (Lipinski definition) is 0. The van der Waals surface area contributed by atoms with Crippen LogP contribution in [0.15, 0.2) is 48.6 Å². The Labute approximate surface area is 320 Å². The zero-order valence-corrected chi connectivity index (χ0v) is 34.1. The van der Waals surface area contributed by atoms with Gasteiger partial charge in [0.1, 0.15) is 13.2 Å². The normalized spacial score (nSPS) is 12.4. The van der Waals surface area contributed by atoms with Gasteiger partial charge in [0.25, 0.3) is 0 Å². The molecule has 52 heavy (non-hydrogen) atoms. The molecule has 0 radical (unpaired) electrons. The molecule has 0 bridgehead atoms. The van der Waals surface area contributed by atoms with Gasteiger partial charge in [-0.3, -0.25) is 14.4 Å². The number of rotatable bonds is 38. The summed E-state index contributed by atoms with van der Waals surface area (Å²) in [6.07, 6.45) is 46.6. The predicted octanol–water partition coefficient (Wildman–Crippen LogP) is 13.6.